The van der Waals surface area contributed by atoms with Crippen molar-refractivity contribution in [1.82, 2.24) is 15.2 Å². The van der Waals surface area contributed by atoms with Gasteiger partial charge in [-0.05, 0) is 37.1 Å². The molecule has 1 saturated heterocycles. The lowest BCUT2D eigenvalue weighted by Crippen LogP contribution is -2.41. The molecule has 6 heteroatoms. The van der Waals surface area contributed by atoms with E-state index in [0.717, 1.165) is 42.1 Å². The SMILES string of the molecule is O=C(Nc1ccncc1)C1CCCN(c2ccc(-c3ccccc3)nn2)C1. The summed E-state index contributed by atoms with van der Waals surface area (Å²) in [6.07, 6.45) is 5.18. The molecule has 1 unspecified atom stereocenters. The van der Waals surface area contributed by atoms with E-state index in [2.05, 4.69) is 25.4 Å². The highest BCUT2D eigenvalue weighted by molar-refractivity contribution is 5.92. The number of hydrogen-bond acceptors (Lipinski definition) is 5. The first-order valence-corrected chi connectivity index (χ1v) is 9.14. The molecule has 3 heterocycles. The molecule has 136 valence electrons. The number of carbonyl (C=O) groups is 1. The first-order valence-electron chi connectivity index (χ1n) is 9.14. The van der Waals surface area contributed by atoms with Crippen molar-refractivity contribution in [2.24, 2.45) is 5.92 Å². The van der Waals surface area contributed by atoms with Crippen LogP contribution in [-0.4, -0.2) is 34.2 Å². The van der Waals surface area contributed by atoms with Crippen LogP contribution in [0.25, 0.3) is 11.3 Å². The number of piperidine rings is 1. The van der Waals surface area contributed by atoms with Gasteiger partial charge in [0, 0.05) is 36.7 Å². The van der Waals surface area contributed by atoms with Gasteiger partial charge in [0.1, 0.15) is 0 Å². The van der Waals surface area contributed by atoms with Crippen LogP contribution < -0.4 is 10.2 Å². The molecule has 6 nitrogen and oxygen atoms in total. The van der Waals surface area contributed by atoms with Gasteiger partial charge < -0.3 is 10.2 Å². The Kier molecular flexibility index (Phi) is 5.05. The Morgan fingerprint density at radius 2 is 1.81 bits per heavy atom. The topological polar surface area (TPSA) is 71.0 Å². The molecule has 1 N–H and O–H groups in total. The lowest BCUT2D eigenvalue weighted by atomic mass is 9.97. The maximum Gasteiger partial charge on any atom is 0.229 e. The molecule has 0 saturated carbocycles. The highest BCUT2D eigenvalue weighted by Gasteiger charge is 2.26. The zero-order chi connectivity index (χ0) is 18.5. The molecule has 0 spiro atoms. The minimum Gasteiger partial charge on any atom is -0.354 e. The van der Waals surface area contributed by atoms with Gasteiger partial charge in [0.15, 0.2) is 5.82 Å². The molecule has 0 bridgehead atoms. The van der Waals surface area contributed by atoms with E-state index < -0.39 is 0 Å². The predicted octanol–water partition coefficient (Wildman–Crippen LogP) is 3.39. The van der Waals surface area contributed by atoms with Crippen molar-refractivity contribution >= 4 is 17.4 Å². The number of hydrogen-bond donors (Lipinski definition) is 1. The third-order valence-electron chi connectivity index (χ3n) is 4.78. The Bertz CT molecular complexity index is 883. The number of rotatable bonds is 4. The zero-order valence-electron chi connectivity index (χ0n) is 15.0. The van der Waals surface area contributed by atoms with Crippen molar-refractivity contribution in [3.8, 4) is 11.3 Å². The van der Waals surface area contributed by atoms with Crippen molar-refractivity contribution in [2.75, 3.05) is 23.3 Å². The molecule has 3 aromatic rings. The van der Waals surface area contributed by atoms with Gasteiger partial charge in [-0.2, -0.15) is 0 Å². The summed E-state index contributed by atoms with van der Waals surface area (Å²) < 4.78 is 0. The predicted molar refractivity (Wildman–Crippen MR) is 105 cm³/mol. The smallest absolute Gasteiger partial charge is 0.229 e. The second-order valence-electron chi connectivity index (χ2n) is 6.65. The average Bonchev–Trinajstić information content (AvgIpc) is 2.75. The summed E-state index contributed by atoms with van der Waals surface area (Å²) in [5, 5.41) is 11.7. The largest absolute Gasteiger partial charge is 0.354 e. The van der Waals surface area contributed by atoms with Crippen molar-refractivity contribution in [2.45, 2.75) is 12.8 Å². The summed E-state index contributed by atoms with van der Waals surface area (Å²) in [4.78, 5) is 18.7. The van der Waals surface area contributed by atoms with Crippen LogP contribution in [0.1, 0.15) is 12.8 Å². The van der Waals surface area contributed by atoms with Gasteiger partial charge in [0.05, 0.1) is 11.6 Å². The van der Waals surface area contributed by atoms with Crippen LogP contribution in [0.4, 0.5) is 11.5 Å². The molecule has 27 heavy (non-hydrogen) atoms. The van der Waals surface area contributed by atoms with Crippen LogP contribution in [0, 0.1) is 5.92 Å². The molecule has 0 radical (unpaired) electrons. The molecule has 1 aromatic carbocycles. The number of carbonyl (C=O) groups excluding carboxylic acids is 1. The highest BCUT2D eigenvalue weighted by Crippen LogP contribution is 2.24. The van der Waals surface area contributed by atoms with Crippen molar-refractivity contribution in [1.29, 1.82) is 0 Å². The monoisotopic (exact) mass is 359 g/mol. The fourth-order valence-electron chi connectivity index (χ4n) is 3.34. The van der Waals surface area contributed by atoms with Gasteiger partial charge in [-0.3, -0.25) is 9.78 Å². The fraction of sp³-hybridized carbons (Fsp3) is 0.238. The lowest BCUT2D eigenvalue weighted by molar-refractivity contribution is -0.120. The number of aromatic nitrogens is 3. The van der Waals surface area contributed by atoms with E-state index in [9.17, 15) is 4.79 Å². The number of nitrogens with zero attached hydrogens (tertiary/aromatic N) is 4. The quantitative estimate of drug-likeness (QED) is 0.773. The van der Waals surface area contributed by atoms with Gasteiger partial charge in [-0.15, -0.1) is 10.2 Å². The van der Waals surface area contributed by atoms with Crippen LogP contribution in [0.2, 0.25) is 0 Å². The maximum absolute atomic E-state index is 12.6. The van der Waals surface area contributed by atoms with Crippen LogP contribution in [-0.2, 0) is 4.79 Å². The molecule has 1 aliphatic rings. The maximum atomic E-state index is 12.6. The van der Waals surface area contributed by atoms with E-state index in [1.807, 2.05) is 42.5 Å². The second kappa shape index (κ2) is 7.95. The van der Waals surface area contributed by atoms with E-state index in [0.29, 0.717) is 6.54 Å². The van der Waals surface area contributed by atoms with Crippen LogP contribution >= 0.6 is 0 Å². The van der Waals surface area contributed by atoms with Crippen molar-refractivity contribution < 1.29 is 4.79 Å². The minimum atomic E-state index is -0.0671. The Hall–Kier alpha value is -3.28. The Balaban J connectivity index is 1.43. The second-order valence-corrected chi connectivity index (χ2v) is 6.65. The molecule has 1 fully saturated rings. The van der Waals surface area contributed by atoms with Crippen LogP contribution in [0.3, 0.4) is 0 Å². The Morgan fingerprint density at radius 3 is 2.56 bits per heavy atom. The highest BCUT2D eigenvalue weighted by atomic mass is 16.1. The molecule has 1 atom stereocenters. The first kappa shape index (κ1) is 17.1. The van der Waals surface area contributed by atoms with Gasteiger partial charge in [-0.1, -0.05) is 30.3 Å². The number of amides is 1. The Morgan fingerprint density at radius 1 is 1.00 bits per heavy atom. The Labute approximate surface area is 158 Å². The summed E-state index contributed by atoms with van der Waals surface area (Å²) in [5.74, 6) is 0.790. The van der Waals surface area contributed by atoms with Gasteiger partial charge >= 0.3 is 0 Å². The van der Waals surface area contributed by atoms with E-state index in [4.69, 9.17) is 0 Å². The first-order chi connectivity index (χ1) is 13.3. The molecule has 4 rings (SSSR count). The van der Waals surface area contributed by atoms with Gasteiger partial charge in [0.2, 0.25) is 5.91 Å². The average molecular weight is 359 g/mol. The number of nitrogens with one attached hydrogen (secondary N) is 1. The molecule has 1 aliphatic heterocycles. The minimum absolute atomic E-state index is 0.0414. The molecular formula is C21H21N5O. The normalized spacial score (nSPS) is 16.7. The number of benzene rings is 1. The van der Waals surface area contributed by atoms with Gasteiger partial charge in [-0.25, -0.2) is 0 Å². The van der Waals surface area contributed by atoms with E-state index in [1.165, 1.54) is 0 Å². The summed E-state index contributed by atoms with van der Waals surface area (Å²) in [6, 6.07) is 17.6. The molecular weight excluding hydrogens is 338 g/mol. The van der Waals surface area contributed by atoms with E-state index in [1.54, 1.807) is 24.5 Å². The van der Waals surface area contributed by atoms with Gasteiger partial charge in [0.25, 0.3) is 0 Å². The third-order valence-corrected chi connectivity index (χ3v) is 4.78. The number of pyridine rings is 1. The van der Waals surface area contributed by atoms with Crippen LogP contribution in [0.15, 0.2) is 67.0 Å². The third kappa shape index (κ3) is 4.11. The van der Waals surface area contributed by atoms with E-state index >= 15 is 0 Å². The van der Waals surface area contributed by atoms with Crippen molar-refractivity contribution in [3.05, 3.63) is 67.0 Å². The summed E-state index contributed by atoms with van der Waals surface area (Å²) >= 11 is 0. The molecule has 0 aliphatic carbocycles. The lowest BCUT2D eigenvalue weighted by Gasteiger charge is -2.32. The molecule has 1 amide bonds. The summed E-state index contributed by atoms with van der Waals surface area (Å²) in [5.41, 5.74) is 2.67. The zero-order valence-corrected chi connectivity index (χ0v) is 15.0. The fourth-order valence-corrected chi connectivity index (χ4v) is 3.34. The van der Waals surface area contributed by atoms with Crippen molar-refractivity contribution in [3.63, 3.8) is 0 Å². The van der Waals surface area contributed by atoms with E-state index in [-0.39, 0.29) is 11.8 Å². The van der Waals surface area contributed by atoms with Crippen LogP contribution in [0.5, 0.6) is 0 Å². The standard InChI is InChI=1S/C21H21N5O/c27-21(23-18-10-12-22-13-11-18)17-7-4-14-26(15-17)20-9-8-19(24-25-20)16-5-2-1-3-6-16/h1-3,5-6,8-13,17H,4,7,14-15H2,(H,22,23,27). The number of anilines is 2. The molecule has 2 aromatic heterocycles. The summed E-state index contributed by atoms with van der Waals surface area (Å²) in [7, 11) is 0. The summed E-state index contributed by atoms with van der Waals surface area (Å²) in [6.45, 7) is 1.54.